The first-order valence-corrected chi connectivity index (χ1v) is 7.57. The van der Waals surface area contributed by atoms with Crippen LogP contribution in [0.1, 0.15) is 12.5 Å². The van der Waals surface area contributed by atoms with Gasteiger partial charge in [0.1, 0.15) is 11.6 Å². The van der Waals surface area contributed by atoms with E-state index in [-0.39, 0.29) is 5.69 Å². The Hall–Kier alpha value is -2.54. The molecule has 0 spiro atoms. The second-order valence-electron chi connectivity index (χ2n) is 4.58. The molecule has 2 rings (SSSR count). The molecular formula is C16H13F2NO3S. The average molecular weight is 337 g/mol. The fraction of sp³-hybridized carbons (Fsp3) is 0.125. The molecule has 2 aromatic rings. The van der Waals surface area contributed by atoms with E-state index in [0.717, 1.165) is 23.8 Å². The second kappa shape index (κ2) is 7.64. The molecule has 1 atom stereocenters. The SMILES string of the molecule is C[C@@H](OC(=O)/C=C/c1ccsc1)C(=O)Nc1cc(F)ccc1F. The van der Waals surface area contributed by atoms with Gasteiger partial charge in [-0.3, -0.25) is 4.79 Å². The molecule has 1 N–H and O–H groups in total. The first-order chi connectivity index (χ1) is 11.0. The first-order valence-electron chi connectivity index (χ1n) is 6.62. The van der Waals surface area contributed by atoms with E-state index in [1.807, 2.05) is 16.8 Å². The van der Waals surface area contributed by atoms with Crippen LogP contribution in [0.3, 0.4) is 0 Å². The molecule has 0 unspecified atom stereocenters. The number of hydrogen-bond acceptors (Lipinski definition) is 4. The minimum Gasteiger partial charge on any atom is -0.449 e. The molecule has 0 aliphatic carbocycles. The van der Waals surface area contributed by atoms with Gasteiger partial charge in [0.15, 0.2) is 6.10 Å². The van der Waals surface area contributed by atoms with Crippen molar-refractivity contribution in [3.05, 3.63) is 58.3 Å². The number of nitrogens with one attached hydrogen (secondary N) is 1. The number of halogens is 2. The van der Waals surface area contributed by atoms with Crippen molar-refractivity contribution in [3.8, 4) is 0 Å². The topological polar surface area (TPSA) is 55.4 Å². The summed E-state index contributed by atoms with van der Waals surface area (Å²) in [7, 11) is 0. The Balaban J connectivity index is 1.92. The molecule has 1 amide bonds. The Morgan fingerprint density at radius 2 is 2.09 bits per heavy atom. The van der Waals surface area contributed by atoms with Crippen LogP contribution < -0.4 is 5.32 Å². The van der Waals surface area contributed by atoms with Crippen LogP contribution in [0.2, 0.25) is 0 Å². The maximum atomic E-state index is 13.4. The molecule has 1 heterocycles. The van der Waals surface area contributed by atoms with Crippen LogP contribution in [0.25, 0.3) is 6.08 Å². The van der Waals surface area contributed by atoms with Gasteiger partial charge in [-0.1, -0.05) is 0 Å². The predicted octanol–water partition coefficient (Wildman–Crippen LogP) is 3.61. The molecule has 0 aliphatic rings. The highest BCUT2D eigenvalue weighted by Gasteiger charge is 2.18. The molecule has 0 bridgehead atoms. The smallest absolute Gasteiger partial charge is 0.331 e. The summed E-state index contributed by atoms with van der Waals surface area (Å²) in [5.74, 6) is -2.94. The Morgan fingerprint density at radius 1 is 1.30 bits per heavy atom. The lowest BCUT2D eigenvalue weighted by molar-refractivity contribution is -0.148. The molecule has 0 saturated heterocycles. The molecule has 7 heteroatoms. The van der Waals surface area contributed by atoms with Crippen molar-refractivity contribution in [2.75, 3.05) is 5.32 Å². The van der Waals surface area contributed by atoms with Gasteiger partial charge in [0, 0.05) is 12.1 Å². The minimum absolute atomic E-state index is 0.313. The summed E-state index contributed by atoms with van der Waals surface area (Å²) in [4.78, 5) is 23.5. The lowest BCUT2D eigenvalue weighted by Crippen LogP contribution is -2.29. The average Bonchev–Trinajstić information content (AvgIpc) is 3.02. The molecule has 4 nitrogen and oxygen atoms in total. The van der Waals surface area contributed by atoms with Gasteiger partial charge >= 0.3 is 5.97 Å². The summed E-state index contributed by atoms with van der Waals surface area (Å²) in [6.07, 6.45) is 1.59. The van der Waals surface area contributed by atoms with E-state index in [0.29, 0.717) is 0 Å². The van der Waals surface area contributed by atoms with Crippen LogP contribution in [-0.2, 0) is 14.3 Å². The number of amides is 1. The van der Waals surface area contributed by atoms with Gasteiger partial charge in [0.25, 0.3) is 5.91 Å². The lowest BCUT2D eigenvalue weighted by Gasteiger charge is -2.12. The first kappa shape index (κ1) is 16.8. The van der Waals surface area contributed by atoms with Crippen molar-refractivity contribution in [2.24, 2.45) is 0 Å². The second-order valence-corrected chi connectivity index (χ2v) is 5.36. The zero-order valence-corrected chi connectivity index (χ0v) is 12.9. The Morgan fingerprint density at radius 3 is 2.78 bits per heavy atom. The number of hydrogen-bond donors (Lipinski definition) is 1. The molecule has 0 fully saturated rings. The van der Waals surface area contributed by atoms with Crippen LogP contribution in [0.4, 0.5) is 14.5 Å². The lowest BCUT2D eigenvalue weighted by atomic mass is 10.2. The van der Waals surface area contributed by atoms with Crippen molar-refractivity contribution in [3.63, 3.8) is 0 Å². The number of rotatable bonds is 5. The number of carbonyl (C=O) groups excluding carboxylic acids is 2. The predicted molar refractivity (Wildman–Crippen MR) is 83.9 cm³/mol. The third kappa shape index (κ3) is 5.00. The quantitative estimate of drug-likeness (QED) is 0.670. The highest BCUT2D eigenvalue weighted by atomic mass is 32.1. The summed E-state index contributed by atoms with van der Waals surface area (Å²) >= 11 is 1.48. The van der Waals surface area contributed by atoms with Crippen molar-refractivity contribution in [1.29, 1.82) is 0 Å². The van der Waals surface area contributed by atoms with Crippen LogP contribution >= 0.6 is 11.3 Å². The molecule has 1 aromatic carbocycles. The van der Waals surface area contributed by atoms with Crippen molar-refractivity contribution in [2.45, 2.75) is 13.0 Å². The van der Waals surface area contributed by atoms with Crippen LogP contribution in [0, 0.1) is 11.6 Å². The number of esters is 1. The Kier molecular flexibility index (Phi) is 5.59. The molecule has 0 saturated carbocycles. The fourth-order valence-electron chi connectivity index (χ4n) is 1.63. The highest BCUT2D eigenvalue weighted by Crippen LogP contribution is 2.16. The van der Waals surface area contributed by atoms with Gasteiger partial charge in [0.2, 0.25) is 0 Å². The molecule has 120 valence electrons. The molecule has 0 radical (unpaired) electrons. The summed E-state index contributed by atoms with van der Waals surface area (Å²) in [6.45, 7) is 1.34. The van der Waals surface area contributed by atoms with Gasteiger partial charge in [-0.05, 0) is 47.5 Å². The third-order valence-corrected chi connectivity index (χ3v) is 3.50. The normalized spacial score (nSPS) is 12.1. The van der Waals surface area contributed by atoms with Gasteiger partial charge in [-0.2, -0.15) is 11.3 Å². The fourth-order valence-corrected chi connectivity index (χ4v) is 2.26. The third-order valence-electron chi connectivity index (χ3n) is 2.80. The van der Waals surface area contributed by atoms with E-state index in [1.165, 1.54) is 24.3 Å². The number of thiophene rings is 1. The molecule has 1 aromatic heterocycles. The molecule has 23 heavy (non-hydrogen) atoms. The summed E-state index contributed by atoms with van der Waals surface area (Å²) in [5, 5.41) is 5.87. The highest BCUT2D eigenvalue weighted by molar-refractivity contribution is 7.08. The van der Waals surface area contributed by atoms with Crippen molar-refractivity contribution in [1.82, 2.24) is 0 Å². The van der Waals surface area contributed by atoms with Gasteiger partial charge in [0.05, 0.1) is 5.69 Å². The summed E-state index contributed by atoms with van der Waals surface area (Å²) in [6, 6.07) is 4.49. The number of carbonyl (C=O) groups is 2. The standard InChI is InChI=1S/C16H13F2NO3S/c1-10(22-15(20)5-2-11-6-7-23-9-11)16(21)19-14-8-12(17)3-4-13(14)18/h2-10H,1H3,(H,19,21)/b5-2+/t10-/m1/s1. The van der Waals surface area contributed by atoms with E-state index < -0.39 is 29.6 Å². The van der Waals surface area contributed by atoms with Gasteiger partial charge in [-0.15, -0.1) is 0 Å². The van der Waals surface area contributed by atoms with E-state index >= 15 is 0 Å². The summed E-state index contributed by atoms with van der Waals surface area (Å²) < 4.78 is 31.4. The van der Waals surface area contributed by atoms with E-state index in [1.54, 1.807) is 6.08 Å². The van der Waals surface area contributed by atoms with E-state index in [9.17, 15) is 18.4 Å². The zero-order valence-electron chi connectivity index (χ0n) is 12.1. The van der Waals surface area contributed by atoms with Crippen LogP contribution in [0.5, 0.6) is 0 Å². The minimum atomic E-state index is -1.16. The Labute approximate surface area is 135 Å². The number of benzene rings is 1. The molecular weight excluding hydrogens is 324 g/mol. The zero-order chi connectivity index (χ0) is 16.8. The number of anilines is 1. The Bertz CT molecular complexity index is 729. The number of ether oxygens (including phenoxy) is 1. The monoisotopic (exact) mass is 337 g/mol. The van der Waals surface area contributed by atoms with E-state index in [2.05, 4.69) is 5.32 Å². The van der Waals surface area contributed by atoms with E-state index in [4.69, 9.17) is 4.74 Å². The van der Waals surface area contributed by atoms with Crippen LogP contribution in [-0.4, -0.2) is 18.0 Å². The maximum absolute atomic E-state index is 13.4. The summed E-state index contributed by atoms with van der Waals surface area (Å²) in [5.41, 5.74) is 0.526. The van der Waals surface area contributed by atoms with Crippen molar-refractivity contribution < 1.29 is 23.1 Å². The van der Waals surface area contributed by atoms with Gasteiger partial charge in [-0.25, -0.2) is 13.6 Å². The van der Waals surface area contributed by atoms with Crippen LogP contribution in [0.15, 0.2) is 41.1 Å². The molecule has 0 aliphatic heterocycles. The maximum Gasteiger partial charge on any atom is 0.331 e. The van der Waals surface area contributed by atoms with Crippen molar-refractivity contribution >= 4 is 35.0 Å². The van der Waals surface area contributed by atoms with Gasteiger partial charge < -0.3 is 10.1 Å². The largest absolute Gasteiger partial charge is 0.449 e.